The first-order chi connectivity index (χ1) is 8.76. The van der Waals surface area contributed by atoms with Crippen molar-refractivity contribution < 1.29 is 14.2 Å². The van der Waals surface area contributed by atoms with Gasteiger partial charge >= 0.3 is 0 Å². The van der Waals surface area contributed by atoms with Crippen molar-refractivity contribution in [2.24, 2.45) is 0 Å². The molecular formula is C14H19NO3. The van der Waals surface area contributed by atoms with Gasteiger partial charge in [0, 0.05) is 6.61 Å². The molecule has 0 spiro atoms. The van der Waals surface area contributed by atoms with Gasteiger partial charge < -0.3 is 14.2 Å². The molecule has 0 aliphatic carbocycles. The van der Waals surface area contributed by atoms with Gasteiger partial charge in [-0.3, -0.25) is 0 Å². The highest BCUT2D eigenvalue weighted by molar-refractivity contribution is 5.36. The molecule has 0 amide bonds. The van der Waals surface area contributed by atoms with E-state index < -0.39 is 0 Å². The van der Waals surface area contributed by atoms with Crippen LogP contribution in [0.3, 0.4) is 0 Å². The molecule has 0 saturated carbocycles. The first kappa shape index (κ1) is 14.5. The van der Waals surface area contributed by atoms with Crippen molar-refractivity contribution in [2.75, 3.05) is 26.4 Å². The first-order valence-electron chi connectivity index (χ1n) is 6.08. The second-order valence-corrected chi connectivity index (χ2v) is 3.83. The van der Waals surface area contributed by atoms with E-state index in [0.717, 1.165) is 0 Å². The van der Waals surface area contributed by atoms with Crippen LogP contribution in [0.25, 0.3) is 0 Å². The lowest BCUT2D eigenvalue weighted by molar-refractivity contribution is -0.0128. The smallest absolute Gasteiger partial charge is 0.120 e. The molecule has 1 aromatic rings. The SMILES string of the molecule is CCOCC(C)OCCOc1cccc(C#N)c1. The maximum Gasteiger partial charge on any atom is 0.120 e. The lowest BCUT2D eigenvalue weighted by atomic mass is 10.2. The summed E-state index contributed by atoms with van der Waals surface area (Å²) in [4.78, 5) is 0. The van der Waals surface area contributed by atoms with Crippen molar-refractivity contribution in [1.29, 1.82) is 5.26 Å². The highest BCUT2D eigenvalue weighted by atomic mass is 16.5. The monoisotopic (exact) mass is 249 g/mol. The average molecular weight is 249 g/mol. The molecule has 0 N–H and O–H groups in total. The van der Waals surface area contributed by atoms with Crippen LogP contribution in [-0.4, -0.2) is 32.5 Å². The standard InChI is InChI=1S/C14H19NO3/c1-3-16-11-12(2)17-7-8-18-14-6-4-5-13(9-14)10-15/h4-6,9,12H,3,7-8,11H2,1-2H3. The van der Waals surface area contributed by atoms with E-state index in [0.29, 0.717) is 37.7 Å². The van der Waals surface area contributed by atoms with Gasteiger partial charge in [0.2, 0.25) is 0 Å². The molecule has 0 aliphatic heterocycles. The number of hydrogen-bond acceptors (Lipinski definition) is 4. The molecule has 4 nitrogen and oxygen atoms in total. The van der Waals surface area contributed by atoms with Crippen molar-refractivity contribution in [2.45, 2.75) is 20.0 Å². The average Bonchev–Trinajstić information content (AvgIpc) is 2.41. The molecule has 0 radical (unpaired) electrons. The van der Waals surface area contributed by atoms with Gasteiger partial charge in [-0.2, -0.15) is 5.26 Å². The Balaban J connectivity index is 2.19. The summed E-state index contributed by atoms with van der Waals surface area (Å²) < 4.78 is 16.2. The fourth-order valence-electron chi connectivity index (χ4n) is 1.40. The minimum absolute atomic E-state index is 0.0685. The zero-order valence-corrected chi connectivity index (χ0v) is 10.9. The van der Waals surface area contributed by atoms with Gasteiger partial charge in [-0.1, -0.05) is 6.07 Å². The summed E-state index contributed by atoms with van der Waals surface area (Å²) in [6.07, 6.45) is 0.0685. The van der Waals surface area contributed by atoms with Crippen molar-refractivity contribution in [3.63, 3.8) is 0 Å². The summed E-state index contributed by atoms with van der Waals surface area (Å²) in [6, 6.07) is 9.15. The Bertz CT molecular complexity index is 387. The van der Waals surface area contributed by atoms with E-state index in [4.69, 9.17) is 19.5 Å². The Morgan fingerprint density at radius 2 is 2.17 bits per heavy atom. The predicted molar refractivity (Wildman–Crippen MR) is 68.6 cm³/mol. The van der Waals surface area contributed by atoms with Crippen molar-refractivity contribution in [1.82, 2.24) is 0 Å². The van der Waals surface area contributed by atoms with Crippen molar-refractivity contribution in [3.8, 4) is 11.8 Å². The zero-order valence-electron chi connectivity index (χ0n) is 10.9. The van der Waals surface area contributed by atoms with Crippen LogP contribution in [0, 0.1) is 11.3 Å². The fraction of sp³-hybridized carbons (Fsp3) is 0.500. The Labute approximate surface area is 108 Å². The molecule has 1 aromatic carbocycles. The zero-order chi connectivity index (χ0) is 13.2. The summed E-state index contributed by atoms with van der Waals surface area (Å²) >= 11 is 0. The normalized spacial score (nSPS) is 11.8. The highest BCUT2D eigenvalue weighted by Crippen LogP contribution is 2.12. The molecule has 1 rings (SSSR count). The van der Waals surface area contributed by atoms with Crippen LogP contribution in [0.1, 0.15) is 19.4 Å². The number of benzene rings is 1. The summed E-state index contributed by atoms with van der Waals surface area (Å²) in [7, 11) is 0. The van der Waals surface area contributed by atoms with Gasteiger partial charge in [0.25, 0.3) is 0 Å². The van der Waals surface area contributed by atoms with Gasteiger partial charge in [0.05, 0.1) is 31.0 Å². The Morgan fingerprint density at radius 3 is 2.89 bits per heavy atom. The molecule has 0 saturated heterocycles. The topological polar surface area (TPSA) is 51.5 Å². The van der Waals surface area contributed by atoms with Crippen LogP contribution in [0.2, 0.25) is 0 Å². The Kier molecular flexibility index (Phi) is 6.85. The fourth-order valence-corrected chi connectivity index (χ4v) is 1.40. The van der Waals surface area contributed by atoms with Crippen LogP contribution < -0.4 is 4.74 Å². The molecular weight excluding hydrogens is 230 g/mol. The summed E-state index contributed by atoms with van der Waals surface area (Å²) in [5, 5.41) is 8.74. The van der Waals surface area contributed by atoms with Crippen LogP contribution in [0.5, 0.6) is 5.75 Å². The first-order valence-corrected chi connectivity index (χ1v) is 6.08. The molecule has 1 unspecified atom stereocenters. The molecule has 18 heavy (non-hydrogen) atoms. The third-order valence-electron chi connectivity index (χ3n) is 2.27. The van der Waals surface area contributed by atoms with E-state index in [1.54, 1.807) is 18.2 Å². The van der Waals surface area contributed by atoms with Crippen molar-refractivity contribution in [3.05, 3.63) is 29.8 Å². The maximum atomic E-state index is 8.74. The van der Waals surface area contributed by atoms with Gasteiger partial charge in [-0.25, -0.2) is 0 Å². The van der Waals surface area contributed by atoms with Crippen LogP contribution in [0.4, 0.5) is 0 Å². The number of ether oxygens (including phenoxy) is 3. The number of hydrogen-bond donors (Lipinski definition) is 0. The molecule has 0 aliphatic rings. The molecule has 0 heterocycles. The van der Waals surface area contributed by atoms with Crippen LogP contribution in [0.15, 0.2) is 24.3 Å². The van der Waals surface area contributed by atoms with E-state index in [1.165, 1.54) is 0 Å². The minimum atomic E-state index is 0.0685. The summed E-state index contributed by atoms with van der Waals surface area (Å²) in [5.41, 5.74) is 0.595. The Morgan fingerprint density at radius 1 is 1.33 bits per heavy atom. The Hall–Kier alpha value is -1.57. The predicted octanol–water partition coefficient (Wildman–Crippen LogP) is 2.38. The van der Waals surface area contributed by atoms with E-state index in [1.807, 2.05) is 19.9 Å². The second kappa shape index (κ2) is 8.51. The third kappa shape index (κ3) is 5.67. The van der Waals surface area contributed by atoms with E-state index >= 15 is 0 Å². The van der Waals surface area contributed by atoms with Gasteiger partial charge in [-0.05, 0) is 32.0 Å². The number of nitrogens with zero attached hydrogens (tertiary/aromatic N) is 1. The van der Waals surface area contributed by atoms with E-state index in [2.05, 4.69) is 6.07 Å². The largest absolute Gasteiger partial charge is 0.491 e. The molecule has 0 fully saturated rings. The number of nitriles is 1. The minimum Gasteiger partial charge on any atom is -0.491 e. The van der Waals surface area contributed by atoms with E-state index in [9.17, 15) is 0 Å². The van der Waals surface area contributed by atoms with E-state index in [-0.39, 0.29) is 6.10 Å². The van der Waals surface area contributed by atoms with Gasteiger partial charge in [0.15, 0.2) is 0 Å². The molecule has 0 aromatic heterocycles. The molecule has 98 valence electrons. The number of rotatable bonds is 8. The van der Waals surface area contributed by atoms with Crippen LogP contribution >= 0.6 is 0 Å². The summed E-state index contributed by atoms with van der Waals surface area (Å²) in [5.74, 6) is 0.690. The van der Waals surface area contributed by atoms with Gasteiger partial charge in [0.1, 0.15) is 12.4 Å². The molecule has 0 bridgehead atoms. The quantitative estimate of drug-likeness (QED) is 0.664. The second-order valence-electron chi connectivity index (χ2n) is 3.83. The summed E-state index contributed by atoms with van der Waals surface area (Å²) in [6.45, 7) is 6.19. The lowest BCUT2D eigenvalue weighted by Crippen LogP contribution is -2.19. The highest BCUT2D eigenvalue weighted by Gasteiger charge is 2.02. The molecule has 1 atom stereocenters. The van der Waals surface area contributed by atoms with Crippen molar-refractivity contribution >= 4 is 0 Å². The lowest BCUT2D eigenvalue weighted by Gasteiger charge is -2.13. The third-order valence-corrected chi connectivity index (χ3v) is 2.27. The molecule has 4 heteroatoms. The van der Waals surface area contributed by atoms with Gasteiger partial charge in [-0.15, -0.1) is 0 Å². The maximum absolute atomic E-state index is 8.74. The van der Waals surface area contributed by atoms with Crippen LogP contribution in [-0.2, 0) is 9.47 Å².